The van der Waals surface area contributed by atoms with Crippen LogP contribution in [0.4, 0.5) is 5.82 Å². The molecule has 1 aliphatic rings. The van der Waals surface area contributed by atoms with Crippen LogP contribution in [0.5, 0.6) is 0 Å². The topological polar surface area (TPSA) is 81.3 Å². The van der Waals surface area contributed by atoms with Crippen LogP contribution in [-0.2, 0) is 11.8 Å². The van der Waals surface area contributed by atoms with Crippen molar-refractivity contribution in [2.75, 3.05) is 13.6 Å². The number of piperidine rings is 1. The van der Waals surface area contributed by atoms with Gasteiger partial charge in [0.1, 0.15) is 6.20 Å². The van der Waals surface area contributed by atoms with Crippen LogP contribution in [0.1, 0.15) is 18.7 Å². The van der Waals surface area contributed by atoms with Crippen LogP contribution in [-0.4, -0.2) is 38.9 Å². The molecular weight excluding hydrogens is 236 g/mol. The normalized spacial score (nSPS) is 18.4. The number of carbonyl (C=O) groups excluding carboxylic acids is 1. The molecule has 1 aromatic rings. The first-order valence-corrected chi connectivity index (χ1v) is 5.63. The van der Waals surface area contributed by atoms with Crippen molar-refractivity contribution in [2.45, 2.75) is 12.8 Å². The van der Waals surface area contributed by atoms with Gasteiger partial charge >= 0.3 is 5.82 Å². The molecule has 1 saturated heterocycles. The summed E-state index contributed by atoms with van der Waals surface area (Å²) in [6, 6.07) is 0. The Kier molecular flexibility index (Phi) is 3.14. The number of rotatable bonds is 2. The zero-order valence-electron chi connectivity index (χ0n) is 10.3. The Morgan fingerprint density at radius 2 is 2.22 bits per heavy atom. The summed E-state index contributed by atoms with van der Waals surface area (Å²) in [5, 5.41) is 10.7. The summed E-state index contributed by atoms with van der Waals surface area (Å²) < 4.78 is 1.37. The highest BCUT2D eigenvalue weighted by molar-refractivity contribution is 5.98. The molecule has 0 aliphatic carbocycles. The first-order chi connectivity index (χ1) is 8.50. The van der Waals surface area contributed by atoms with E-state index in [0.717, 1.165) is 13.0 Å². The molecule has 7 heteroatoms. The number of nitro groups is 1. The van der Waals surface area contributed by atoms with E-state index in [4.69, 9.17) is 0 Å². The Bertz CT molecular complexity index is 532. The lowest BCUT2D eigenvalue weighted by Gasteiger charge is -2.23. The molecule has 0 saturated carbocycles. The second kappa shape index (κ2) is 4.59. The first-order valence-electron chi connectivity index (χ1n) is 5.63. The number of carbonyl (C=O) groups is 1. The van der Waals surface area contributed by atoms with Gasteiger partial charge in [-0.2, -0.15) is 0 Å². The van der Waals surface area contributed by atoms with Gasteiger partial charge in [0.2, 0.25) is 11.7 Å². The summed E-state index contributed by atoms with van der Waals surface area (Å²) in [6.45, 7) is 0.747. The predicted octanol–water partition coefficient (Wildman–Crippen LogP) is 0.964. The van der Waals surface area contributed by atoms with E-state index in [1.807, 2.05) is 0 Å². The van der Waals surface area contributed by atoms with Crippen molar-refractivity contribution >= 4 is 17.8 Å². The van der Waals surface area contributed by atoms with Crippen molar-refractivity contribution in [2.24, 2.45) is 7.05 Å². The van der Waals surface area contributed by atoms with Gasteiger partial charge in [0.05, 0.1) is 7.05 Å². The summed E-state index contributed by atoms with van der Waals surface area (Å²) in [5.41, 5.74) is 0.646. The van der Waals surface area contributed by atoms with Crippen molar-refractivity contribution in [1.29, 1.82) is 0 Å². The average Bonchev–Trinajstić information content (AvgIpc) is 2.67. The van der Waals surface area contributed by atoms with Crippen LogP contribution in [0.2, 0.25) is 0 Å². The van der Waals surface area contributed by atoms with Gasteiger partial charge < -0.3 is 15.0 Å². The van der Waals surface area contributed by atoms with Crippen LogP contribution in [0.25, 0.3) is 6.08 Å². The summed E-state index contributed by atoms with van der Waals surface area (Å²) >= 11 is 0. The van der Waals surface area contributed by atoms with Gasteiger partial charge in [-0.1, -0.05) is 0 Å². The fourth-order valence-electron chi connectivity index (χ4n) is 1.97. The van der Waals surface area contributed by atoms with Gasteiger partial charge in [0.15, 0.2) is 0 Å². The number of hydrogen-bond acceptors (Lipinski definition) is 4. The maximum absolute atomic E-state index is 11.9. The molecular formula is C11H14N4O3. The highest BCUT2D eigenvalue weighted by Gasteiger charge is 2.22. The maximum atomic E-state index is 11.9. The smallest absolute Gasteiger partial charge is 0.342 e. The molecule has 2 heterocycles. The minimum Gasteiger partial charge on any atom is -0.358 e. The van der Waals surface area contributed by atoms with Crippen molar-refractivity contribution in [3.63, 3.8) is 0 Å². The van der Waals surface area contributed by atoms with E-state index in [-0.39, 0.29) is 11.7 Å². The average molecular weight is 250 g/mol. The standard InChI is InChI=1S/C11H14N4O3/c1-13-5-3-4-8(11(13)16)6-9-12-7-10(14(9)2)15(17)18/h6-7H,3-5H2,1-2H3/b8-6+. The molecule has 18 heavy (non-hydrogen) atoms. The molecule has 1 fully saturated rings. The van der Waals surface area contributed by atoms with Crippen molar-refractivity contribution in [3.8, 4) is 0 Å². The zero-order chi connectivity index (χ0) is 13.3. The van der Waals surface area contributed by atoms with Crippen LogP contribution in [0.15, 0.2) is 11.8 Å². The quantitative estimate of drug-likeness (QED) is 0.445. The number of likely N-dealkylation sites (N-methyl/N-ethyl adjacent to an activating group) is 1. The highest BCUT2D eigenvalue weighted by Crippen LogP contribution is 2.20. The van der Waals surface area contributed by atoms with Crippen molar-refractivity contribution < 1.29 is 9.72 Å². The maximum Gasteiger partial charge on any atom is 0.342 e. The molecule has 0 bridgehead atoms. The van der Waals surface area contributed by atoms with Gasteiger partial charge in [-0.3, -0.25) is 4.79 Å². The van der Waals surface area contributed by atoms with Gasteiger partial charge in [0.25, 0.3) is 0 Å². The van der Waals surface area contributed by atoms with E-state index < -0.39 is 4.92 Å². The zero-order valence-corrected chi connectivity index (χ0v) is 10.3. The monoisotopic (exact) mass is 250 g/mol. The van der Waals surface area contributed by atoms with E-state index in [0.29, 0.717) is 17.8 Å². The number of aromatic nitrogens is 2. The lowest BCUT2D eigenvalue weighted by atomic mass is 10.0. The van der Waals surface area contributed by atoms with Crippen LogP contribution in [0, 0.1) is 10.1 Å². The predicted molar refractivity (Wildman–Crippen MR) is 64.7 cm³/mol. The molecule has 96 valence electrons. The molecule has 0 atom stereocenters. The molecule has 7 nitrogen and oxygen atoms in total. The van der Waals surface area contributed by atoms with E-state index in [9.17, 15) is 14.9 Å². The minimum absolute atomic E-state index is 0.0353. The van der Waals surface area contributed by atoms with E-state index in [1.54, 1.807) is 25.1 Å². The van der Waals surface area contributed by atoms with Gasteiger partial charge in [-0.05, 0) is 17.8 Å². The number of likely N-dealkylation sites (tertiary alicyclic amines) is 1. The number of imidazole rings is 1. The molecule has 0 N–H and O–H groups in total. The summed E-state index contributed by atoms with van der Waals surface area (Å²) in [7, 11) is 3.31. The Morgan fingerprint density at radius 1 is 1.50 bits per heavy atom. The molecule has 0 radical (unpaired) electrons. The number of hydrogen-bond donors (Lipinski definition) is 0. The Hall–Kier alpha value is -2.18. The second-order valence-corrected chi connectivity index (χ2v) is 4.29. The van der Waals surface area contributed by atoms with Crippen LogP contribution >= 0.6 is 0 Å². The molecule has 1 amide bonds. The molecule has 0 aromatic carbocycles. The third kappa shape index (κ3) is 2.11. The molecule has 1 aliphatic heterocycles. The molecule has 0 unspecified atom stereocenters. The third-order valence-electron chi connectivity index (χ3n) is 3.05. The first kappa shape index (κ1) is 12.3. The minimum atomic E-state index is -0.496. The Labute approximate surface area is 104 Å². The Balaban J connectivity index is 2.33. The molecule has 1 aromatic heterocycles. The van der Waals surface area contributed by atoms with Crippen LogP contribution in [0.3, 0.4) is 0 Å². The van der Waals surface area contributed by atoms with Gasteiger partial charge in [-0.25, -0.2) is 9.55 Å². The number of amides is 1. The van der Waals surface area contributed by atoms with E-state index >= 15 is 0 Å². The largest absolute Gasteiger partial charge is 0.358 e. The van der Waals surface area contributed by atoms with E-state index in [1.165, 1.54) is 10.8 Å². The fourth-order valence-corrected chi connectivity index (χ4v) is 1.97. The van der Waals surface area contributed by atoms with Crippen LogP contribution < -0.4 is 0 Å². The molecule has 0 spiro atoms. The second-order valence-electron chi connectivity index (χ2n) is 4.29. The van der Waals surface area contributed by atoms with E-state index in [2.05, 4.69) is 4.98 Å². The summed E-state index contributed by atoms with van der Waals surface area (Å²) in [6.07, 6.45) is 4.42. The Morgan fingerprint density at radius 3 is 2.83 bits per heavy atom. The SMILES string of the molecule is CN1CCC/C(=C\c2ncc([N+](=O)[O-])n2C)C1=O. The lowest BCUT2D eigenvalue weighted by Crippen LogP contribution is -2.33. The van der Waals surface area contributed by atoms with Crippen molar-refractivity contribution in [3.05, 3.63) is 27.7 Å². The number of nitrogens with zero attached hydrogens (tertiary/aromatic N) is 4. The lowest BCUT2D eigenvalue weighted by molar-refractivity contribution is -0.391. The van der Waals surface area contributed by atoms with Crippen molar-refractivity contribution in [1.82, 2.24) is 14.5 Å². The highest BCUT2D eigenvalue weighted by atomic mass is 16.6. The van der Waals surface area contributed by atoms with Gasteiger partial charge in [-0.15, -0.1) is 0 Å². The summed E-state index contributed by atoms with van der Waals surface area (Å²) in [5.74, 6) is 0.311. The third-order valence-corrected chi connectivity index (χ3v) is 3.05. The fraction of sp³-hybridized carbons (Fsp3) is 0.455. The van der Waals surface area contributed by atoms with Gasteiger partial charge in [0, 0.05) is 25.2 Å². The molecule has 2 rings (SSSR count). The summed E-state index contributed by atoms with van der Waals surface area (Å²) in [4.78, 5) is 27.7.